The Labute approximate surface area is 74.6 Å². The van der Waals surface area contributed by atoms with E-state index in [4.69, 9.17) is 11.6 Å². The second kappa shape index (κ2) is 4.07. The number of hydrogen-bond donors (Lipinski definition) is 0. The molecule has 4 heteroatoms. The minimum atomic E-state index is -0.658. The molecule has 0 heterocycles. The molecule has 0 fully saturated rings. The first kappa shape index (κ1) is 9.00. The first-order valence-electron chi connectivity index (χ1n) is 3.26. The van der Waals surface area contributed by atoms with Gasteiger partial charge in [-0.15, -0.1) is 0 Å². The fraction of sp³-hybridized carbons (Fsp3) is 0.125. The average Bonchev–Trinajstić information content (AvgIpc) is 2.06. The zero-order valence-electron chi connectivity index (χ0n) is 6.42. The van der Waals surface area contributed by atoms with Crippen LogP contribution in [0.15, 0.2) is 29.4 Å². The maximum atomic E-state index is 12.8. The smallest absolute Gasteiger partial charge is 0.257 e. The largest absolute Gasteiger partial charge is 0.397 e. The number of benzene rings is 1. The van der Waals surface area contributed by atoms with Crippen LogP contribution in [0.25, 0.3) is 0 Å². The third-order valence-electron chi connectivity index (χ3n) is 1.25. The van der Waals surface area contributed by atoms with Crippen molar-refractivity contribution in [1.29, 1.82) is 0 Å². The average molecular weight is 188 g/mol. The summed E-state index contributed by atoms with van der Waals surface area (Å²) < 4.78 is 12.8. The van der Waals surface area contributed by atoms with Gasteiger partial charge in [-0.2, -0.15) is 4.39 Å². The quantitative estimate of drug-likeness (QED) is 0.515. The Morgan fingerprint density at radius 3 is 2.50 bits per heavy atom. The number of hydrogen-bond acceptors (Lipinski definition) is 2. The fourth-order valence-corrected chi connectivity index (χ4v) is 0.846. The van der Waals surface area contributed by atoms with E-state index in [1.54, 1.807) is 12.1 Å². The van der Waals surface area contributed by atoms with Gasteiger partial charge in [0.2, 0.25) is 0 Å². The van der Waals surface area contributed by atoms with Crippen molar-refractivity contribution >= 4 is 17.6 Å². The molecule has 0 amide bonds. The number of nitrogens with zero attached hydrogens (tertiary/aromatic N) is 1. The summed E-state index contributed by atoms with van der Waals surface area (Å²) >= 11 is 5.60. The van der Waals surface area contributed by atoms with Crippen molar-refractivity contribution in [3.63, 3.8) is 0 Å². The van der Waals surface area contributed by atoms with Gasteiger partial charge >= 0.3 is 0 Å². The van der Waals surface area contributed by atoms with E-state index in [0.29, 0.717) is 10.6 Å². The minimum absolute atomic E-state index is 0.348. The molecular weight excluding hydrogens is 181 g/mol. The topological polar surface area (TPSA) is 21.6 Å². The van der Waals surface area contributed by atoms with Crippen LogP contribution in [0.4, 0.5) is 4.39 Å². The molecule has 12 heavy (non-hydrogen) atoms. The van der Waals surface area contributed by atoms with E-state index in [2.05, 4.69) is 9.99 Å². The van der Waals surface area contributed by atoms with E-state index in [1.165, 1.54) is 19.2 Å². The van der Waals surface area contributed by atoms with Crippen LogP contribution >= 0.6 is 11.6 Å². The molecule has 0 spiro atoms. The molecular formula is C8H7ClFNO. The molecule has 0 saturated carbocycles. The molecule has 0 aliphatic carbocycles. The van der Waals surface area contributed by atoms with Gasteiger partial charge in [-0.1, -0.05) is 16.8 Å². The Balaban J connectivity index is 2.89. The third kappa shape index (κ3) is 2.20. The molecule has 0 aromatic heterocycles. The number of oxime groups is 1. The van der Waals surface area contributed by atoms with Crippen LogP contribution in [-0.2, 0) is 4.84 Å². The van der Waals surface area contributed by atoms with Gasteiger partial charge < -0.3 is 4.84 Å². The lowest BCUT2D eigenvalue weighted by molar-refractivity contribution is 0.209. The Morgan fingerprint density at radius 1 is 1.42 bits per heavy atom. The van der Waals surface area contributed by atoms with Crippen LogP contribution in [-0.4, -0.2) is 13.1 Å². The van der Waals surface area contributed by atoms with Gasteiger partial charge in [0.05, 0.1) is 0 Å². The highest BCUT2D eigenvalue weighted by atomic mass is 35.5. The molecule has 1 aromatic rings. The predicted molar refractivity (Wildman–Crippen MR) is 46.1 cm³/mol. The lowest BCUT2D eigenvalue weighted by atomic mass is 10.2. The van der Waals surface area contributed by atoms with Crippen LogP contribution in [0, 0.1) is 0 Å². The van der Waals surface area contributed by atoms with Gasteiger partial charge in [-0.05, 0) is 24.3 Å². The van der Waals surface area contributed by atoms with Crippen LogP contribution in [0.1, 0.15) is 5.56 Å². The van der Waals surface area contributed by atoms with Crippen molar-refractivity contribution in [3.05, 3.63) is 34.9 Å². The molecule has 0 aliphatic rings. The number of rotatable bonds is 2. The van der Waals surface area contributed by atoms with E-state index < -0.39 is 5.97 Å². The molecule has 1 aromatic carbocycles. The molecule has 0 aliphatic heterocycles. The Morgan fingerprint density at radius 2 is 2.00 bits per heavy atom. The van der Waals surface area contributed by atoms with Crippen molar-refractivity contribution in [2.75, 3.05) is 7.11 Å². The zero-order chi connectivity index (χ0) is 8.97. The van der Waals surface area contributed by atoms with Crippen molar-refractivity contribution in [1.82, 2.24) is 0 Å². The summed E-state index contributed by atoms with van der Waals surface area (Å²) in [4.78, 5) is 4.27. The van der Waals surface area contributed by atoms with Gasteiger partial charge in [0.1, 0.15) is 7.11 Å². The predicted octanol–water partition coefficient (Wildman–Crippen LogP) is 2.62. The van der Waals surface area contributed by atoms with E-state index in [9.17, 15) is 4.39 Å². The van der Waals surface area contributed by atoms with E-state index in [1.807, 2.05) is 0 Å². The molecule has 0 unspecified atom stereocenters. The lowest BCUT2D eigenvalue weighted by Gasteiger charge is -1.95. The van der Waals surface area contributed by atoms with Gasteiger partial charge in [0.25, 0.3) is 5.97 Å². The maximum Gasteiger partial charge on any atom is 0.257 e. The Hall–Kier alpha value is -1.09. The molecule has 64 valence electrons. The molecule has 0 atom stereocenters. The van der Waals surface area contributed by atoms with Crippen molar-refractivity contribution in [2.45, 2.75) is 0 Å². The summed E-state index contributed by atoms with van der Waals surface area (Å²) in [6, 6.07) is 6.23. The van der Waals surface area contributed by atoms with E-state index in [0.717, 1.165) is 0 Å². The van der Waals surface area contributed by atoms with Gasteiger partial charge in [0.15, 0.2) is 0 Å². The number of halogens is 2. The van der Waals surface area contributed by atoms with Crippen molar-refractivity contribution in [2.24, 2.45) is 5.16 Å². The highest BCUT2D eigenvalue weighted by Crippen LogP contribution is 2.10. The molecule has 0 N–H and O–H groups in total. The third-order valence-corrected chi connectivity index (χ3v) is 1.51. The standard InChI is InChI=1S/C8H7ClFNO/c1-12-11-8(10)6-2-4-7(9)5-3-6/h2-5H,1H3/b11-8+. The van der Waals surface area contributed by atoms with Crippen LogP contribution < -0.4 is 0 Å². The fourth-order valence-electron chi connectivity index (χ4n) is 0.720. The van der Waals surface area contributed by atoms with Crippen LogP contribution in [0.2, 0.25) is 5.02 Å². The summed E-state index contributed by atoms with van der Waals surface area (Å²) in [6.45, 7) is 0. The highest BCUT2D eigenvalue weighted by molar-refractivity contribution is 6.30. The molecule has 0 saturated heterocycles. The van der Waals surface area contributed by atoms with Crippen LogP contribution in [0.5, 0.6) is 0 Å². The second-order valence-corrected chi connectivity index (χ2v) is 2.51. The highest BCUT2D eigenvalue weighted by Gasteiger charge is 2.00. The van der Waals surface area contributed by atoms with Gasteiger partial charge in [-0.3, -0.25) is 0 Å². The van der Waals surface area contributed by atoms with E-state index in [-0.39, 0.29) is 0 Å². The normalized spacial score (nSPS) is 11.4. The Kier molecular flexibility index (Phi) is 3.05. The van der Waals surface area contributed by atoms with Gasteiger partial charge in [-0.25, -0.2) is 0 Å². The summed E-state index contributed by atoms with van der Waals surface area (Å²) in [7, 11) is 1.29. The Bertz CT molecular complexity index is 284. The summed E-state index contributed by atoms with van der Waals surface area (Å²) in [5.41, 5.74) is 0.348. The molecule has 2 nitrogen and oxygen atoms in total. The van der Waals surface area contributed by atoms with E-state index >= 15 is 0 Å². The molecule has 0 radical (unpaired) electrons. The van der Waals surface area contributed by atoms with Gasteiger partial charge in [0, 0.05) is 10.6 Å². The summed E-state index contributed by atoms with van der Waals surface area (Å²) in [5.74, 6) is -0.658. The maximum absolute atomic E-state index is 12.8. The zero-order valence-corrected chi connectivity index (χ0v) is 7.18. The van der Waals surface area contributed by atoms with Crippen LogP contribution in [0.3, 0.4) is 0 Å². The summed E-state index contributed by atoms with van der Waals surface area (Å²) in [6.07, 6.45) is 0. The van der Waals surface area contributed by atoms with Crippen molar-refractivity contribution < 1.29 is 9.23 Å². The second-order valence-electron chi connectivity index (χ2n) is 2.07. The first-order valence-corrected chi connectivity index (χ1v) is 3.64. The SMILES string of the molecule is CO/N=C(/F)c1ccc(Cl)cc1. The molecule has 0 bridgehead atoms. The lowest BCUT2D eigenvalue weighted by Crippen LogP contribution is -1.92. The first-order chi connectivity index (χ1) is 5.74. The van der Waals surface area contributed by atoms with Crippen molar-refractivity contribution in [3.8, 4) is 0 Å². The summed E-state index contributed by atoms with van der Waals surface area (Å²) in [5, 5.41) is 3.69. The monoisotopic (exact) mass is 187 g/mol. The minimum Gasteiger partial charge on any atom is -0.397 e. The molecule has 1 rings (SSSR count).